The molecule has 0 radical (unpaired) electrons. The van der Waals surface area contributed by atoms with Gasteiger partial charge in [-0.05, 0) is 24.3 Å². The van der Waals surface area contributed by atoms with Crippen molar-refractivity contribution in [2.24, 2.45) is 0 Å². The molecule has 0 aliphatic heterocycles. The number of nitrogens with one attached hydrogen (secondary N) is 2. The topological polar surface area (TPSA) is 116 Å². The van der Waals surface area contributed by atoms with Crippen LogP contribution >= 0.6 is 11.6 Å². The first kappa shape index (κ1) is 15.9. The fourth-order valence-electron chi connectivity index (χ4n) is 1.22. The lowest BCUT2D eigenvalue weighted by Crippen LogP contribution is -2.41. The van der Waals surface area contributed by atoms with Gasteiger partial charge in [-0.15, -0.1) is 0 Å². The molecule has 8 heteroatoms. The highest BCUT2D eigenvalue weighted by atomic mass is 35.5. The number of carboxylic acids is 1. The Morgan fingerprint density at radius 3 is 2.30 bits per heavy atom. The van der Waals surface area contributed by atoms with Crippen LogP contribution in [-0.4, -0.2) is 47.2 Å². The molecule has 0 unspecified atom stereocenters. The van der Waals surface area contributed by atoms with E-state index in [0.717, 1.165) is 0 Å². The van der Waals surface area contributed by atoms with E-state index in [0.29, 0.717) is 10.6 Å². The summed E-state index contributed by atoms with van der Waals surface area (Å²) in [6.07, 6.45) is -1.68. The van der Waals surface area contributed by atoms with Crippen LogP contribution < -0.4 is 10.6 Å². The van der Waals surface area contributed by atoms with Crippen LogP contribution in [0.1, 0.15) is 10.4 Å². The predicted molar refractivity (Wildman–Crippen MR) is 70.4 cm³/mol. The molecule has 1 aromatic rings. The molecular formula is C12H13ClN2O5. The number of aliphatic carboxylic acids is 1. The summed E-state index contributed by atoms with van der Waals surface area (Å²) in [7, 11) is 0. The maximum Gasteiger partial charge on any atom is 0.334 e. The van der Waals surface area contributed by atoms with E-state index in [1.807, 2.05) is 0 Å². The third kappa shape index (κ3) is 5.25. The first-order chi connectivity index (χ1) is 9.40. The molecule has 0 saturated carbocycles. The second-order valence-electron chi connectivity index (χ2n) is 3.85. The van der Waals surface area contributed by atoms with Crippen molar-refractivity contribution in [3.05, 3.63) is 34.9 Å². The van der Waals surface area contributed by atoms with E-state index in [1.54, 1.807) is 12.1 Å². The molecule has 4 N–H and O–H groups in total. The van der Waals surface area contributed by atoms with Gasteiger partial charge >= 0.3 is 5.97 Å². The van der Waals surface area contributed by atoms with Crippen molar-refractivity contribution >= 4 is 29.4 Å². The van der Waals surface area contributed by atoms with Crippen molar-refractivity contribution < 1.29 is 24.6 Å². The first-order valence-corrected chi connectivity index (χ1v) is 5.99. The smallest absolute Gasteiger partial charge is 0.334 e. The molecule has 108 valence electrons. The van der Waals surface area contributed by atoms with Crippen LogP contribution in [0.25, 0.3) is 0 Å². The number of hydrogen-bond donors (Lipinski definition) is 4. The third-order valence-electron chi connectivity index (χ3n) is 2.29. The number of amides is 2. The van der Waals surface area contributed by atoms with Crippen molar-refractivity contribution in [3.63, 3.8) is 0 Å². The first-order valence-electron chi connectivity index (χ1n) is 5.61. The minimum atomic E-state index is -1.68. The summed E-state index contributed by atoms with van der Waals surface area (Å²) in [6.45, 7) is -0.751. The average molecular weight is 301 g/mol. The Hall–Kier alpha value is -2.12. The van der Waals surface area contributed by atoms with Crippen LogP contribution in [0.2, 0.25) is 5.02 Å². The van der Waals surface area contributed by atoms with Gasteiger partial charge in [0.15, 0.2) is 6.10 Å². The van der Waals surface area contributed by atoms with Crippen LogP contribution in [0.4, 0.5) is 0 Å². The van der Waals surface area contributed by atoms with Crippen LogP contribution in [0.5, 0.6) is 0 Å². The van der Waals surface area contributed by atoms with E-state index in [2.05, 4.69) is 10.6 Å². The maximum atomic E-state index is 11.6. The number of carbonyl (C=O) groups is 3. The highest BCUT2D eigenvalue weighted by molar-refractivity contribution is 6.30. The highest BCUT2D eigenvalue weighted by Gasteiger charge is 2.14. The third-order valence-corrected chi connectivity index (χ3v) is 2.55. The summed E-state index contributed by atoms with van der Waals surface area (Å²) in [5.74, 6) is -2.50. The van der Waals surface area contributed by atoms with Gasteiger partial charge in [0.05, 0.1) is 13.1 Å². The molecule has 0 heterocycles. The van der Waals surface area contributed by atoms with Gasteiger partial charge in [0.2, 0.25) is 5.91 Å². The van der Waals surface area contributed by atoms with Gasteiger partial charge in [0, 0.05) is 10.6 Å². The number of aliphatic hydroxyl groups excluding tert-OH is 1. The molecule has 0 fully saturated rings. The maximum absolute atomic E-state index is 11.6. The number of benzene rings is 1. The molecule has 2 amide bonds. The van der Waals surface area contributed by atoms with Crippen molar-refractivity contribution in [2.45, 2.75) is 6.10 Å². The lowest BCUT2D eigenvalue weighted by Gasteiger charge is -2.08. The van der Waals surface area contributed by atoms with Gasteiger partial charge in [-0.25, -0.2) is 4.79 Å². The summed E-state index contributed by atoms with van der Waals surface area (Å²) in [5, 5.41) is 22.4. The van der Waals surface area contributed by atoms with Crippen molar-refractivity contribution in [2.75, 3.05) is 13.1 Å². The lowest BCUT2D eigenvalue weighted by molar-refractivity contribution is -0.146. The van der Waals surface area contributed by atoms with Crippen LogP contribution in [0.3, 0.4) is 0 Å². The normalized spacial score (nSPS) is 11.5. The van der Waals surface area contributed by atoms with Gasteiger partial charge in [-0.3, -0.25) is 9.59 Å². The molecule has 1 aromatic carbocycles. The molecule has 1 rings (SSSR count). The van der Waals surface area contributed by atoms with Gasteiger partial charge in [0.1, 0.15) is 0 Å². The highest BCUT2D eigenvalue weighted by Crippen LogP contribution is 2.09. The Morgan fingerprint density at radius 1 is 1.15 bits per heavy atom. The van der Waals surface area contributed by atoms with E-state index in [1.165, 1.54) is 12.1 Å². The Kier molecular flexibility index (Phi) is 5.95. The van der Waals surface area contributed by atoms with E-state index >= 15 is 0 Å². The predicted octanol–water partition coefficient (Wildman–Crippen LogP) is -0.369. The second-order valence-corrected chi connectivity index (χ2v) is 4.28. The average Bonchev–Trinajstić information content (AvgIpc) is 2.42. The van der Waals surface area contributed by atoms with E-state index in [-0.39, 0.29) is 6.54 Å². The summed E-state index contributed by atoms with van der Waals surface area (Å²) < 4.78 is 0. The van der Waals surface area contributed by atoms with Gasteiger partial charge in [-0.2, -0.15) is 0 Å². The van der Waals surface area contributed by atoms with E-state index in [9.17, 15) is 14.4 Å². The number of carboxylic acid groups (broad SMARTS) is 1. The molecule has 0 bridgehead atoms. The minimum Gasteiger partial charge on any atom is -0.479 e. The summed E-state index contributed by atoms with van der Waals surface area (Å²) in [5.41, 5.74) is 0.341. The summed E-state index contributed by atoms with van der Waals surface area (Å²) in [6, 6.07) is 6.09. The minimum absolute atomic E-state index is 0.326. The quantitative estimate of drug-likeness (QED) is 0.572. The van der Waals surface area contributed by atoms with Crippen molar-refractivity contribution in [3.8, 4) is 0 Å². The number of rotatable bonds is 6. The fraction of sp³-hybridized carbons (Fsp3) is 0.250. The van der Waals surface area contributed by atoms with Crippen molar-refractivity contribution in [1.29, 1.82) is 0 Å². The van der Waals surface area contributed by atoms with E-state index in [4.69, 9.17) is 21.8 Å². The Bertz CT molecular complexity index is 503. The molecule has 0 saturated heterocycles. The van der Waals surface area contributed by atoms with Crippen LogP contribution in [0.15, 0.2) is 24.3 Å². The summed E-state index contributed by atoms with van der Waals surface area (Å²) in [4.78, 5) is 33.2. The largest absolute Gasteiger partial charge is 0.479 e. The molecule has 0 aliphatic rings. The molecule has 0 spiro atoms. The van der Waals surface area contributed by atoms with Crippen LogP contribution in [-0.2, 0) is 9.59 Å². The summed E-state index contributed by atoms with van der Waals surface area (Å²) >= 11 is 5.67. The Morgan fingerprint density at radius 2 is 1.75 bits per heavy atom. The lowest BCUT2D eigenvalue weighted by atomic mass is 10.2. The zero-order valence-electron chi connectivity index (χ0n) is 10.3. The molecule has 0 aliphatic carbocycles. The number of aliphatic hydroxyl groups is 1. The van der Waals surface area contributed by atoms with Gasteiger partial charge in [0.25, 0.3) is 5.91 Å². The van der Waals surface area contributed by atoms with Gasteiger partial charge in [-0.1, -0.05) is 11.6 Å². The number of halogens is 1. The molecule has 0 aromatic heterocycles. The molecule has 1 atom stereocenters. The Labute approximate surface area is 119 Å². The molecule has 20 heavy (non-hydrogen) atoms. The number of carbonyl (C=O) groups excluding carboxylic acids is 2. The number of hydrogen-bond acceptors (Lipinski definition) is 4. The SMILES string of the molecule is O=C(CNC(=O)c1ccc(Cl)cc1)NC[C@H](O)C(=O)O. The fourth-order valence-corrected chi connectivity index (χ4v) is 1.35. The Balaban J connectivity index is 2.35. The zero-order valence-corrected chi connectivity index (χ0v) is 11.1. The monoisotopic (exact) mass is 300 g/mol. The zero-order chi connectivity index (χ0) is 15.1. The second kappa shape index (κ2) is 7.46. The molecule has 7 nitrogen and oxygen atoms in total. The molecular weight excluding hydrogens is 288 g/mol. The van der Waals surface area contributed by atoms with Crippen molar-refractivity contribution in [1.82, 2.24) is 10.6 Å². The van der Waals surface area contributed by atoms with E-state index < -0.39 is 30.4 Å². The van der Waals surface area contributed by atoms with Crippen LogP contribution in [0, 0.1) is 0 Å². The van der Waals surface area contributed by atoms with Gasteiger partial charge < -0.3 is 20.8 Å². The standard InChI is InChI=1S/C12H13ClN2O5/c13-8-3-1-7(2-4-8)11(18)15-6-10(17)14-5-9(16)12(19)20/h1-4,9,16H,5-6H2,(H,14,17)(H,15,18)(H,19,20)/t9-/m0/s1.